The summed E-state index contributed by atoms with van der Waals surface area (Å²) in [6, 6.07) is 23.3. The van der Waals surface area contributed by atoms with Crippen molar-refractivity contribution in [3.8, 4) is 11.5 Å². The molecule has 0 spiro atoms. The SMILES string of the molecule is CCOc1ccc(N(C(=O)CCc2ccccc2OC)c2nc3ccccc3s2)cc1. The van der Waals surface area contributed by atoms with Crippen LogP contribution in [0, 0.1) is 0 Å². The molecule has 0 saturated heterocycles. The second-order valence-corrected chi connectivity index (χ2v) is 7.94. The highest BCUT2D eigenvalue weighted by Gasteiger charge is 2.22. The van der Waals surface area contributed by atoms with E-state index in [0.29, 0.717) is 24.6 Å². The van der Waals surface area contributed by atoms with E-state index in [-0.39, 0.29) is 5.91 Å². The highest BCUT2D eigenvalue weighted by atomic mass is 32.1. The Morgan fingerprint density at radius 1 is 1.00 bits per heavy atom. The third-order valence-corrected chi connectivity index (χ3v) is 5.95. The number of anilines is 2. The zero-order valence-corrected chi connectivity index (χ0v) is 18.4. The van der Waals surface area contributed by atoms with E-state index in [0.717, 1.165) is 33.0 Å². The molecule has 0 atom stereocenters. The molecule has 0 radical (unpaired) electrons. The largest absolute Gasteiger partial charge is 0.496 e. The van der Waals surface area contributed by atoms with Crippen molar-refractivity contribution in [2.24, 2.45) is 0 Å². The fourth-order valence-electron chi connectivity index (χ4n) is 3.44. The molecule has 0 N–H and O–H groups in total. The Labute approximate surface area is 185 Å². The van der Waals surface area contributed by atoms with Gasteiger partial charge in [0.25, 0.3) is 0 Å². The van der Waals surface area contributed by atoms with Crippen LogP contribution >= 0.6 is 11.3 Å². The lowest BCUT2D eigenvalue weighted by Gasteiger charge is -2.20. The molecule has 3 aromatic carbocycles. The first kappa shape index (κ1) is 20.9. The Kier molecular flexibility index (Phi) is 6.48. The van der Waals surface area contributed by atoms with Gasteiger partial charge in [-0.1, -0.05) is 41.7 Å². The van der Waals surface area contributed by atoms with Crippen LogP contribution in [0.25, 0.3) is 10.2 Å². The Hall–Kier alpha value is -3.38. The van der Waals surface area contributed by atoms with E-state index in [4.69, 9.17) is 14.5 Å². The maximum absolute atomic E-state index is 13.4. The number of carbonyl (C=O) groups excluding carboxylic acids is 1. The normalized spacial score (nSPS) is 10.8. The summed E-state index contributed by atoms with van der Waals surface area (Å²) < 4.78 is 12.0. The number of para-hydroxylation sites is 2. The van der Waals surface area contributed by atoms with Crippen LogP contribution in [0.5, 0.6) is 11.5 Å². The predicted octanol–water partition coefficient (Wildman–Crippen LogP) is 6.00. The molecule has 5 nitrogen and oxygen atoms in total. The number of ether oxygens (including phenoxy) is 2. The molecule has 0 aliphatic heterocycles. The van der Waals surface area contributed by atoms with Gasteiger partial charge in [0.2, 0.25) is 5.91 Å². The van der Waals surface area contributed by atoms with Crippen molar-refractivity contribution in [3.63, 3.8) is 0 Å². The third-order valence-electron chi connectivity index (χ3n) is 4.93. The van der Waals surface area contributed by atoms with Gasteiger partial charge >= 0.3 is 0 Å². The summed E-state index contributed by atoms with van der Waals surface area (Å²) in [5.41, 5.74) is 2.66. The van der Waals surface area contributed by atoms with Crippen LogP contribution in [0.15, 0.2) is 72.8 Å². The van der Waals surface area contributed by atoms with Crippen molar-refractivity contribution < 1.29 is 14.3 Å². The maximum Gasteiger partial charge on any atom is 0.233 e. The molecule has 0 unspecified atom stereocenters. The van der Waals surface area contributed by atoms with Crippen LogP contribution in [0.2, 0.25) is 0 Å². The zero-order chi connectivity index (χ0) is 21.6. The van der Waals surface area contributed by atoms with Gasteiger partial charge in [0.1, 0.15) is 11.5 Å². The number of rotatable bonds is 8. The van der Waals surface area contributed by atoms with E-state index < -0.39 is 0 Å². The number of hydrogen-bond donors (Lipinski definition) is 0. The second kappa shape index (κ2) is 9.62. The minimum atomic E-state index is -0.0193. The molecule has 1 heterocycles. The van der Waals surface area contributed by atoms with Gasteiger partial charge in [-0.3, -0.25) is 9.69 Å². The Bertz CT molecular complexity index is 1140. The van der Waals surface area contributed by atoms with Crippen LogP contribution < -0.4 is 14.4 Å². The summed E-state index contributed by atoms with van der Waals surface area (Å²) in [7, 11) is 1.65. The van der Waals surface area contributed by atoms with E-state index in [1.807, 2.05) is 79.7 Å². The molecule has 0 bridgehead atoms. The number of carbonyl (C=O) groups is 1. The fraction of sp³-hybridized carbons (Fsp3) is 0.200. The minimum absolute atomic E-state index is 0.0193. The summed E-state index contributed by atoms with van der Waals surface area (Å²) in [6.07, 6.45) is 0.921. The lowest BCUT2D eigenvalue weighted by molar-refractivity contribution is -0.117. The van der Waals surface area contributed by atoms with Crippen LogP contribution in [0.1, 0.15) is 18.9 Å². The van der Waals surface area contributed by atoms with Crippen molar-refractivity contribution >= 4 is 38.3 Å². The summed E-state index contributed by atoms with van der Waals surface area (Å²) >= 11 is 1.51. The van der Waals surface area contributed by atoms with Gasteiger partial charge in [0.15, 0.2) is 5.13 Å². The van der Waals surface area contributed by atoms with Crippen molar-refractivity contribution in [2.45, 2.75) is 19.8 Å². The Morgan fingerprint density at radius 2 is 1.74 bits per heavy atom. The van der Waals surface area contributed by atoms with E-state index in [2.05, 4.69) is 0 Å². The number of fused-ring (bicyclic) bond motifs is 1. The van der Waals surface area contributed by atoms with Crippen LogP contribution in [-0.2, 0) is 11.2 Å². The Balaban J connectivity index is 1.65. The van der Waals surface area contributed by atoms with Gasteiger partial charge in [-0.2, -0.15) is 0 Å². The minimum Gasteiger partial charge on any atom is -0.496 e. The molecule has 31 heavy (non-hydrogen) atoms. The van der Waals surface area contributed by atoms with Crippen LogP contribution in [0.3, 0.4) is 0 Å². The topological polar surface area (TPSA) is 51.7 Å². The number of amides is 1. The first-order valence-electron chi connectivity index (χ1n) is 10.2. The van der Waals surface area contributed by atoms with Crippen molar-refractivity contribution in [2.75, 3.05) is 18.6 Å². The van der Waals surface area contributed by atoms with Gasteiger partial charge in [-0.15, -0.1) is 0 Å². The molecule has 4 rings (SSSR count). The van der Waals surface area contributed by atoms with Gasteiger partial charge in [0, 0.05) is 6.42 Å². The average molecular weight is 433 g/mol. The molecule has 0 fully saturated rings. The zero-order valence-electron chi connectivity index (χ0n) is 17.6. The monoisotopic (exact) mass is 432 g/mol. The fourth-order valence-corrected chi connectivity index (χ4v) is 4.44. The lowest BCUT2D eigenvalue weighted by Crippen LogP contribution is -2.26. The standard InChI is InChI=1S/C25H24N2O3S/c1-3-30-20-15-13-19(14-16-20)27(25-26-21-9-5-7-11-23(21)31-25)24(28)17-12-18-8-4-6-10-22(18)29-2/h4-11,13-16H,3,12,17H2,1-2H3. The van der Waals surface area contributed by atoms with Gasteiger partial charge in [-0.05, 0) is 61.4 Å². The Morgan fingerprint density at radius 3 is 2.48 bits per heavy atom. The average Bonchev–Trinajstić information content (AvgIpc) is 3.23. The smallest absolute Gasteiger partial charge is 0.233 e. The number of thiazole rings is 1. The lowest BCUT2D eigenvalue weighted by atomic mass is 10.1. The molecule has 0 saturated carbocycles. The number of hydrogen-bond acceptors (Lipinski definition) is 5. The third kappa shape index (κ3) is 4.70. The highest BCUT2D eigenvalue weighted by Crippen LogP contribution is 2.35. The number of aryl methyl sites for hydroxylation is 1. The number of nitrogens with zero attached hydrogens (tertiary/aromatic N) is 2. The van der Waals surface area contributed by atoms with Crippen LogP contribution in [-0.4, -0.2) is 24.6 Å². The summed E-state index contributed by atoms with van der Waals surface area (Å²) in [5, 5.41) is 0.662. The van der Waals surface area contributed by atoms with Gasteiger partial charge < -0.3 is 9.47 Å². The van der Waals surface area contributed by atoms with Crippen molar-refractivity contribution in [1.82, 2.24) is 4.98 Å². The van der Waals surface area contributed by atoms with E-state index in [9.17, 15) is 4.79 Å². The van der Waals surface area contributed by atoms with E-state index in [1.165, 1.54) is 11.3 Å². The van der Waals surface area contributed by atoms with E-state index >= 15 is 0 Å². The summed E-state index contributed by atoms with van der Waals surface area (Å²) in [5.74, 6) is 1.55. The highest BCUT2D eigenvalue weighted by molar-refractivity contribution is 7.22. The molecule has 6 heteroatoms. The summed E-state index contributed by atoms with van der Waals surface area (Å²) in [6.45, 7) is 2.54. The molecule has 1 aromatic heterocycles. The number of methoxy groups -OCH3 is 1. The molecule has 4 aromatic rings. The number of aromatic nitrogens is 1. The van der Waals surface area contributed by atoms with E-state index in [1.54, 1.807) is 12.0 Å². The maximum atomic E-state index is 13.4. The molecule has 158 valence electrons. The predicted molar refractivity (Wildman–Crippen MR) is 126 cm³/mol. The van der Waals surface area contributed by atoms with Gasteiger partial charge in [0.05, 0.1) is 29.6 Å². The molecule has 1 amide bonds. The quantitative estimate of drug-likeness (QED) is 0.343. The molecular formula is C25H24N2O3S. The number of benzene rings is 3. The molecular weight excluding hydrogens is 408 g/mol. The second-order valence-electron chi connectivity index (χ2n) is 6.93. The summed E-state index contributed by atoms with van der Waals surface area (Å²) in [4.78, 5) is 19.9. The van der Waals surface area contributed by atoms with Crippen molar-refractivity contribution in [1.29, 1.82) is 0 Å². The first-order valence-corrected chi connectivity index (χ1v) is 11.0. The molecule has 0 aliphatic rings. The van der Waals surface area contributed by atoms with Crippen LogP contribution in [0.4, 0.5) is 10.8 Å². The van der Waals surface area contributed by atoms with Crippen molar-refractivity contribution in [3.05, 3.63) is 78.4 Å². The molecule has 0 aliphatic carbocycles. The first-order chi connectivity index (χ1) is 15.2. The van der Waals surface area contributed by atoms with Gasteiger partial charge in [-0.25, -0.2) is 4.98 Å².